The van der Waals surface area contributed by atoms with E-state index in [-0.39, 0.29) is 6.10 Å². The van der Waals surface area contributed by atoms with Crippen LogP contribution in [0.5, 0.6) is 0 Å². The van der Waals surface area contributed by atoms with Gasteiger partial charge in [0.2, 0.25) is 0 Å². The van der Waals surface area contributed by atoms with Gasteiger partial charge in [-0.25, -0.2) is 0 Å². The van der Waals surface area contributed by atoms with Crippen LogP contribution in [0.3, 0.4) is 0 Å². The molecule has 0 aromatic carbocycles. The summed E-state index contributed by atoms with van der Waals surface area (Å²) in [6.07, 6.45) is 2.93. The lowest BCUT2D eigenvalue weighted by atomic mass is 10.2. The SMILES string of the molecule is CS(=O)CCC1CNCCO1. The standard InChI is InChI=1S/C7H15NO2S/c1-11(9)5-2-7-6-8-3-4-10-7/h7-8H,2-6H2,1H3. The van der Waals surface area contributed by atoms with Crippen LogP contribution in [0.1, 0.15) is 6.42 Å². The quantitative estimate of drug-likeness (QED) is 0.645. The summed E-state index contributed by atoms with van der Waals surface area (Å²) in [7, 11) is -0.675. The third-order valence-electron chi connectivity index (χ3n) is 1.73. The average Bonchev–Trinajstić information content (AvgIpc) is 2.03. The second-order valence-electron chi connectivity index (χ2n) is 2.76. The zero-order valence-corrected chi connectivity index (χ0v) is 7.65. The predicted molar refractivity (Wildman–Crippen MR) is 46.2 cm³/mol. The monoisotopic (exact) mass is 177 g/mol. The molecule has 0 aromatic rings. The first-order valence-corrected chi connectivity index (χ1v) is 5.64. The Morgan fingerprint density at radius 3 is 3.09 bits per heavy atom. The van der Waals surface area contributed by atoms with Crippen LogP contribution in [0.25, 0.3) is 0 Å². The predicted octanol–water partition coefficient (Wildman–Crippen LogP) is -0.257. The van der Waals surface area contributed by atoms with Crippen LogP contribution in [-0.4, -0.2) is 42.0 Å². The second kappa shape index (κ2) is 4.85. The van der Waals surface area contributed by atoms with Crippen molar-refractivity contribution in [1.29, 1.82) is 0 Å². The lowest BCUT2D eigenvalue weighted by molar-refractivity contribution is 0.0273. The Hall–Kier alpha value is 0.0700. The van der Waals surface area contributed by atoms with E-state index in [4.69, 9.17) is 4.74 Å². The fourth-order valence-electron chi connectivity index (χ4n) is 1.10. The number of nitrogens with one attached hydrogen (secondary N) is 1. The molecule has 0 aliphatic carbocycles. The number of hydrogen-bond donors (Lipinski definition) is 1. The fourth-order valence-corrected chi connectivity index (χ4v) is 1.70. The van der Waals surface area contributed by atoms with Gasteiger partial charge in [0, 0.05) is 35.9 Å². The van der Waals surface area contributed by atoms with Gasteiger partial charge in [-0.3, -0.25) is 4.21 Å². The molecular weight excluding hydrogens is 162 g/mol. The first-order valence-electron chi connectivity index (χ1n) is 3.91. The molecule has 1 heterocycles. The first-order chi connectivity index (χ1) is 5.29. The molecule has 1 saturated heterocycles. The molecule has 1 aliphatic rings. The molecule has 1 N–H and O–H groups in total. The van der Waals surface area contributed by atoms with Crippen molar-refractivity contribution < 1.29 is 8.95 Å². The van der Waals surface area contributed by atoms with Crippen LogP contribution in [0.2, 0.25) is 0 Å². The van der Waals surface area contributed by atoms with Crippen LogP contribution >= 0.6 is 0 Å². The van der Waals surface area contributed by atoms with E-state index in [1.165, 1.54) is 0 Å². The van der Waals surface area contributed by atoms with Gasteiger partial charge < -0.3 is 10.1 Å². The molecule has 0 radical (unpaired) electrons. The minimum atomic E-state index is -0.675. The summed E-state index contributed by atoms with van der Waals surface area (Å²) in [5, 5.41) is 3.23. The highest BCUT2D eigenvalue weighted by Crippen LogP contribution is 2.01. The summed E-state index contributed by atoms with van der Waals surface area (Å²) in [5.41, 5.74) is 0. The zero-order chi connectivity index (χ0) is 8.10. The van der Waals surface area contributed by atoms with Gasteiger partial charge in [0.15, 0.2) is 0 Å². The van der Waals surface area contributed by atoms with Gasteiger partial charge >= 0.3 is 0 Å². The smallest absolute Gasteiger partial charge is 0.0708 e. The maximum atomic E-state index is 10.7. The molecule has 4 heteroatoms. The lowest BCUT2D eigenvalue weighted by Gasteiger charge is -2.22. The number of hydrogen-bond acceptors (Lipinski definition) is 3. The summed E-state index contributed by atoms with van der Waals surface area (Å²) >= 11 is 0. The molecule has 2 unspecified atom stereocenters. The van der Waals surface area contributed by atoms with Gasteiger partial charge in [-0.05, 0) is 6.42 Å². The van der Waals surface area contributed by atoms with E-state index < -0.39 is 10.8 Å². The third-order valence-corrected chi connectivity index (χ3v) is 2.54. The normalized spacial score (nSPS) is 28.3. The van der Waals surface area contributed by atoms with E-state index in [1.807, 2.05) is 0 Å². The molecule has 0 spiro atoms. The Kier molecular flexibility index (Phi) is 4.04. The highest BCUT2D eigenvalue weighted by atomic mass is 32.2. The molecule has 0 bridgehead atoms. The fraction of sp³-hybridized carbons (Fsp3) is 1.00. The molecule has 3 nitrogen and oxygen atoms in total. The molecule has 1 rings (SSSR count). The van der Waals surface area contributed by atoms with Gasteiger partial charge in [-0.1, -0.05) is 0 Å². The van der Waals surface area contributed by atoms with Gasteiger partial charge in [0.25, 0.3) is 0 Å². The van der Waals surface area contributed by atoms with Gasteiger partial charge in [-0.15, -0.1) is 0 Å². The summed E-state index contributed by atoms with van der Waals surface area (Å²) in [6.45, 7) is 2.66. The van der Waals surface area contributed by atoms with E-state index in [1.54, 1.807) is 6.26 Å². The zero-order valence-electron chi connectivity index (χ0n) is 6.84. The van der Waals surface area contributed by atoms with Crippen molar-refractivity contribution in [2.24, 2.45) is 0 Å². The Labute approximate surface area is 70.0 Å². The van der Waals surface area contributed by atoms with E-state index in [0.29, 0.717) is 0 Å². The molecule has 0 saturated carbocycles. The average molecular weight is 177 g/mol. The summed E-state index contributed by atoms with van der Waals surface area (Å²) in [4.78, 5) is 0. The van der Waals surface area contributed by atoms with Crippen molar-refractivity contribution in [3.05, 3.63) is 0 Å². The molecule has 0 aromatic heterocycles. The van der Waals surface area contributed by atoms with Crippen LogP contribution in [0.4, 0.5) is 0 Å². The number of morpholine rings is 1. The summed E-state index contributed by atoms with van der Waals surface area (Å²) in [6, 6.07) is 0. The van der Waals surface area contributed by atoms with E-state index in [2.05, 4.69) is 5.32 Å². The minimum Gasteiger partial charge on any atom is -0.376 e. The Morgan fingerprint density at radius 1 is 1.73 bits per heavy atom. The molecule has 1 fully saturated rings. The third kappa shape index (κ3) is 3.84. The van der Waals surface area contributed by atoms with Gasteiger partial charge in [0.05, 0.1) is 12.7 Å². The summed E-state index contributed by atoms with van der Waals surface area (Å²) in [5.74, 6) is 0.756. The molecule has 0 amide bonds. The molecule has 66 valence electrons. The molecular formula is C7H15NO2S. The van der Waals surface area contributed by atoms with Gasteiger partial charge in [-0.2, -0.15) is 0 Å². The highest BCUT2D eigenvalue weighted by Gasteiger charge is 2.12. The lowest BCUT2D eigenvalue weighted by Crippen LogP contribution is -2.39. The summed E-state index contributed by atoms with van der Waals surface area (Å²) < 4.78 is 16.2. The Morgan fingerprint density at radius 2 is 2.55 bits per heavy atom. The van der Waals surface area contributed by atoms with E-state index in [0.717, 1.165) is 31.9 Å². The van der Waals surface area contributed by atoms with Crippen LogP contribution in [0, 0.1) is 0 Å². The minimum absolute atomic E-state index is 0.285. The van der Waals surface area contributed by atoms with Gasteiger partial charge in [0.1, 0.15) is 0 Å². The van der Waals surface area contributed by atoms with Crippen molar-refractivity contribution in [3.63, 3.8) is 0 Å². The van der Waals surface area contributed by atoms with Crippen LogP contribution < -0.4 is 5.32 Å². The Balaban J connectivity index is 2.09. The highest BCUT2D eigenvalue weighted by molar-refractivity contribution is 7.84. The van der Waals surface area contributed by atoms with Crippen molar-refractivity contribution in [3.8, 4) is 0 Å². The van der Waals surface area contributed by atoms with Crippen LogP contribution in [0.15, 0.2) is 0 Å². The number of ether oxygens (including phenoxy) is 1. The molecule has 1 aliphatic heterocycles. The van der Waals surface area contributed by atoms with E-state index in [9.17, 15) is 4.21 Å². The Bertz CT molecular complexity index is 134. The van der Waals surface area contributed by atoms with Crippen LogP contribution in [-0.2, 0) is 15.5 Å². The van der Waals surface area contributed by atoms with Crippen molar-refractivity contribution in [2.75, 3.05) is 31.7 Å². The van der Waals surface area contributed by atoms with Crippen molar-refractivity contribution >= 4 is 10.8 Å². The van der Waals surface area contributed by atoms with Crippen molar-refractivity contribution in [1.82, 2.24) is 5.32 Å². The second-order valence-corrected chi connectivity index (χ2v) is 4.32. The van der Waals surface area contributed by atoms with E-state index >= 15 is 0 Å². The van der Waals surface area contributed by atoms with Crippen molar-refractivity contribution in [2.45, 2.75) is 12.5 Å². The molecule has 2 atom stereocenters. The topological polar surface area (TPSA) is 38.3 Å². The maximum absolute atomic E-state index is 10.7. The number of rotatable bonds is 3. The molecule has 11 heavy (non-hydrogen) atoms. The largest absolute Gasteiger partial charge is 0.376 e. The maximum Gasteiger partial charge on any atom is 0.0708 e. The first kappa shape index (κ1) is 9.16.